The van der Waals surface area contributed by atoms with Gasteiger partial charge in [-0.25, -0.2) is 0 Å². The summed E-state index contributed by atoms with van der Waals surface area (Å²) in [5.74, 6) is 0. The van der Waals surface area contributed by atoms with Crippen LogP contribution in [0.2, 0.25) is 0 Å². The lowest BCUT2D eigenvalue weighted by Crippen LogP contribution is -2.04. The maximum absolute atomic E-state index is 8.51. The summed E-state index contributed by atoms with van der Waals surface area (Å²) in [5, 5.41) is 11.8. The van der Waals surface area contributed by atoms with Gasteiger partial charge < -0.3 is 11.1 Å². The minimum atomic E-state index is 0.637. The lowest BCUT2D eigenvalue weighted by molar-refractivity contribution is 0.980. The van der Waals surface area contributed by atoms with E-state index in [0.29, 0.717) is 12.3 Å². The van der Waals surface area contributed by atoms with E-state index in [-0.39, 0.29) is 0 Å². The molecule has 0 fully saturated rings. The lowest BCUT2D eigenvalue weighted by Gasteiger charge is -2.14. The summed E-state index contributed by atoms with van der Waals surface area (Å²) in [5.41, 5.74) is 14.3. The summed E-state index contributed by atoms with van der Waals surface area (Å²) < 4.78 is 0. The molecule has 2 aliphatic carbocycles. The van der Waals surface area contributed by atoms with Crippen molar-refractivity contribution >= 4 is 22.7 Å². The molecule has 0 aromatic heterocycles. The van der Waals surface area contributed by atoms with E-state index < -0.39 is 0 Å². The highest BCUT2D eigenvalue weighted by molar-refractivity contribution is 6.28. The van der Waals surface area contributed by atoms with Crippen molar-refractivity contribution in [3.8, 4) is 0 Å². The van der Waals surface area contributed by atoms with Gasteiger partial charge in [0.25, 0.3) is 0 Å². The number of hydrogen-bond donors (Lipinski definition) is 3. The molecule has 0 bridgehead atoms. The van der Waals surface area contributed by atoms with Crippen molar-refractivity contribution in [1.82, 2.24) is 0 Å². The number of nitrogens with one attached hydrogen (secondary N) is 2. The molecule has 3 heteroatoms. The van der Waals surface area contributed by atoms with Crippen LogP contribution in [0.25, 0.3) is 5.57 Å². The van der Waals surface area contributed by atoms with Crippen LogP contribution in [0.5, 0.6) is 0 Å². The zero-order chi connectivity index (χ0) is 15.8. The fourth-order valence-corrected chi connectivity index (χ4v) is 3.47. The normalized spacial score (nSPS) is 17.1. The monoisotopic (exact) mass is 301 g/mol. The number of benzene rings is 2. The second-order valence-corrected chi connectivity index (χ2v) is 5.96. The van der Waals surface area contributed by atoms with Crippen LogP contribution in [-0.2, 0) is 6.42 Å². The quantitative estimate of drug-likeness (QED) is 0.750. The van der Waals surface area contributed by atoms with E-state index in [4.69, 9.17) is 11.1 Å². The molecule has 4 N–H and O–H groups in total. The Morgan fingerprint density at radius 3 is 2.87 bits per heavy atom. The molecule has 0 amide bonds. The number of allylic oxidation sites excluding steroid dienone is 3. The Morgan fingerprint density at radius 1 is 1.13 bits per heavy atom. The molecule has 4 rings (SSSR count). The van der Waals surface area contributed by atoms with Gasteiger partial charge in [-0.1, -0.05) is 42.5 Å². The van der Waals surface area contributed by atoms with Crippen LogP contribution in [0, 0.1) is 5.41 Å². The van der Waals surface area contributed by atoms with Gasteiger partial charge in [-0.3, -0.25) is 5.41 Å². The number of hydrogen-bond acceptors (Lipinski definition) is 3. The summed E-state index contributed by atoms with van der Waals surface area (Å²) in [7, 11) is 0. The molecule has 23 heavy (non-hydrogen) atoms. The first-order chi connectivity index (χ1) is 11.3. The van der Waals surface area contributed by atoms with Crippen molar-refractivity contribution < 1.29 is 0 Å². The van der Waals surface area contributed by atoms with Gasteiger partial charge in [0.1, 0.15) is 0 Å². The van der Waals surface area contributed by atoms with Gasteiger partial charge >= 0.3 is 0 Å². The first-order valence-corrected chi connectivity index (χ1v) is 7.96. The van der Waals surface area contributed by atoms with Crippen molar-refractivity contribution in [2.24, 2.45) is 0 Å². The van der Waals surface area contributed by atoms with Gasteiger partial charge in [0.2, 0.25) is 0 Å². The second-order valence-electron chi connectivity index (χ2n) is 5.96. The Morgan fingerprint density at radius 2 is 2.00 bits per heavy atom. The third-order valence-corrected chi connectivity index (χ3v) is 4.57. The second kappa shape index (κ2) is 5.43. The van der Waals surface area contributed by atoms with Crippen molar-refractivity contribution in [1.29, 1.82) is 5.41 Å². The van der Waals surface area contributed by atoms with Gasteiger partial charge in [-0.05, 0) is 41.7 Å². The molecule has 0 unspecified atom stereocenters. The first-order valence-electron chi connectivity index (χ1n) is 7.96. The van der Waals surface area contributed by atoms with Crippen LogP contribution in [0.4, 0.5) is 11.4 Å². The van der Waals surface area contributed by atoms with Gasteiger partial charge in [-0.2, -0.15) is 0 Å². The summed E-state index contributed by atoms with van der Waals surface area (Å²) in [6.07, 6.45) is 6.51. The molecule has 114 valence electrons. The lowest BCUT2D eigenvalue weighted by atomic mass is 9.91. The van der Waals surface area contributed by atoms with Crippen LogP contribution in [-0.4, -0.2) is 12.3 Å². The van der Waals surface area contributed by atoms with Crippen molar-refractivity contribution in [2.75, 3.05) is 17.6 Å². The predicted octanol–water partition coefficient (Wildman–Crippen LogP) is 4.02. The van der Waals surface area contributed by atoms with Gasteiger partial charge in [0, 0.05) is 17.7 Å². The number of nitrogens with two attached hydrogens (primary N) is 1. The molecule has 2 aliphatic rings. The van der Waals surface area contributed by atoms with E-state index in [1.165, 1.54) is 16.7 Å². The largest absolute Gasteiger partial charge is 0.397 e. The summed E-state index contributed by atoms with van der Waals surface area (Å²) in [4.78, 5) is 0. The Hall–Kier alpha value is -2.81. The highest BCUT2D eigenvalue weighted by Crippen LogP contribution is 2.41. The van der Waals surface area contributed by atoms with E-state index >= 15 is 0 Å². The average Bonchev–Trinajstić information content (AvgIpc) is 2.85. The topological polar surface area (TPSA) is 61.9 Å². The van der Waals surface area contributed by atoms with Gasteiger partial charge in [0.15, 0.2) is 0 Å². The first kappa shape index (κ1) is 13.8. The number of aryl methyl sites for hydroxylation is 1. The summed E-state index contributed by atoms with van der Waals surface area (Å²) >= 11 is 0. The van der Waals surface area contributed by atoms with Crippen LogP contribution in [0.15, 0.2) is 60.2 Å². The van der Waals surface area contributed by atoms with Crippen LogP contribution >= 0.6 is 0 Å². The minimum Gasteiger partial charge on any atom is -0.397 e. The zero-order valence-electron chi connectivity index (χ0n) is 12.9. The maximum atomic E-state index is 8.51. The van der Waals surface area contributed by atoms with E-state index in [1.807, 2.05) is 24.3 Å². The van der Waals surface area contributed by atoms with Gasteiger partial charge in [-0.15, -0.1) is 0 Å². The Labute approximate surface area is 136 Å². The highest BCUT2D eigenvalue weighted by Gasteiger charge is 2.29. The molecule has 0 spiro atoms. The van der Waals surface area contributed by atoms with Gasteiger partial charge in [0.05, 0.1) is 17.1 Å². The smallest absolute Gasteiger partial charge is 0.0694 e. The van der Waals surface area contributed by atoms with Crippen LogP contribution in [0.1, 0.15) is 23.1 Å². The SMILES string of the molecule is N=C1/C(=C\CNc2ccccc2N)C2=CCCc3cccc1c32. The number of nitrogen functional groups attached to an aromatic ring is 1. The Bertz CT molecular complexity index is 859. The fourth-order valence-electron chi connectivity index (χ4n) is 3.47. The van der Waals surface area contributed by atoms with Crippen molar-refractivity contribution in [3.05, 3.63) is 76.9 Å². The molecule has 0 heterocycles. The third-order valence-electron chi connectivity index (χ3n) is 4.57. The van der Waals surface area contributed by atoms with Crippen LogP contribution in [0.3, 0.4) is 0 Å². The molecule has 0 atom stereocenters. The average molecular weight is 301 g/mol. The molecule has 0 saturated heterocycles. The summed E-state index contributed by atoms with van der Waals surface area (Å²) in [6, 6.07) is 14.1. The van der Waals surface area contributed by atoms with Crippen molar-refractivity contribution in [3.63, 3.8) is 0 Å². The van der Waals surface area contributed by atoms with E-state index in [9.17, 15) is 0 Å². The fraction of sp³-hybridized carbons (Fsp3) is 0.150. The number of rotatable bonds is 3. The number of anilines is 2. The standard InChI is InChI=1S/C20H19N3/c21-17-9-1-2-10-18(17)23-12-11-15-14-7-3-5-13-6-4-8-16(19(13)14)20(15)22/h1-2,4,6-11,22-23H,3,5,12,21H2/b15-11-,22-20?. The molecule has 2 aromatic rings. The van der Waals surface area contributed by atoms with Crippen LogP contribution < -0.4 is 11.1 Å². The molecule has 0 radical (unpaired) electrons. The Kier molecular flexibility index (Phi) is 3.27. The maximum Gasteiger partial charge on any atom is 0.0694 e. The van der Waals surface area contributed by atoms with E-state index in [0.717, 1.165) is 35.4 Å². The number of para-hydroxylation sites is 2. The molecule has 0 aliphatic heterocycles. The molecular weight excluding hydrogens is 282 g/mol. The van der Waals surface area contributed by atoms with E-state index in [2.05, 4.69) is 35.7 Å². The third kappa shape index (κ3) is 2.25. The molecule has 0 saturated carbocycles. The minimum absolute atomic E-state index is 0.637. The van der Waals surface area contributed by atoms with E-state index in [1.54, 1.807) is 0 Å². The summed E-state index contributed by atoms with van der Waals surface area (Å²) in [6.45, 7) is 0.659. The van der Waals surface area contributed by atoms with Crippen molar-refractivity contribution in [2.45, 2.75) is 12.8 Å². The predicted molar refractivity (Wildman–Crippen MR) is 97.0 cm³/mol. The highest BCUT2D eigenvalue weighted by atomic mass is 14.9. The molecular formula is C20H19N3. The molecule has 2 aromatic carbocycles. The molecule has 3 nitrogen and oxygen atoms in total. The Balaban J connectivity index is 1.62. The zero-order valence-corrected chi connectivity index (χ0v) is 12.9.